The number of carbonyl (C=O) groups is 2. The average Bonchev–Trinajstić information content (AvgIpc) is 2.67. The molecule has 0 heterocycles. The molecule has 2 rings (SSSR count). The fourth-order valence-corrected chi connectivity index (χ4v) is 2.34. The van der Waals surface area contributed by atoms with Crippen LogP contribution in [0.25, 0.3) is 0 Å². The zero-order valence-electron chi connectivity index (χ0n) is 15.3. The maximum absolute atomic E-state index is 12.9. The molecular formula is C19H19FN2O6. The number of nitrogens with one attached hydrogen (secondary N) is 1. The normalized spacial score (nSPS) is 11.4. The second-order valence-corrected chi connectivity index (χ2v) is 5.89. The van der Waals surface area contributed by atoms with Gasteiger partial charge >= 0.3 is 5.97 Å². The van der Waals surface area contributed by atoms with Crippen molar-refractivity contribution < 1.29 is 28.4 Å². The molecule has 0 saturated carbocycles. The number of carbonyl (C=O) groups excluding carboxylic acids is 2. The van der Waals surface area contributed by atoms with E-state index in [0.717, 1.165) is 5.56 Å². The molecule has 9 heteroatoms. The van der Waals surface area contributed by atoms with E-state index in [2.05, 4.69) is 5.32 Å². The molecule has 0 aromatic heterocycles. The van der Waals surface area contributed by atoms with Crippen LogP contribution in [-0.2, 0) is 20.7 Å². The molecule has 0 bridgehead atoms. The van der Waals surface area contributed by atoms with Gasteiger partial charge in [0.05, 0.1) is 18.1 Å². The first-order valence-electron chi connectivity index (χ1n) is 8.37. The van der Waals surface area contributed by atoms with Crippen LogP contribution in [0.3, 0.4) is 0 Å². The van der Waals surface area contributed by atoms with Gasteiger partial charge in [0.2, 0.25) is 0 Å². The molecule has 0 spiro atoms. The highest BCUT2D eigenvalue weighted by Crippen LogP contribution is 2.29. The van der Waals surface area contributed by atoms with Gasteiger partial charge in [-0.2, -0.15) is 0 Å². The van der Waals surface area contributed by atoms with Gasteiger partial charge < -0.3 is 14.8 Å². The van der Waals surface area contributed by atoms with Gasteiger partial charge in [-0.3, -0.25) is 19.7 Å². The third-order valence-corrected chi connectivity index (χ3v) is 3.87. The molecule has 2 aromatic rings. The van der Waals surface area contributed by atoms with Gasteiger partial charge in [0.15, 0.2) is 6.10 Å². The summed E-state index contributed by atoms with van der Waals surface area (Å²) < 4.78 is 22.8. The van der Waals surface area contributed by atoms with E-state index in [0.29, 0.717) is 6.42 Å². The Hall–Kier alpha value is -3.49. The van der Waals surface area contributed by atoms with Crippen LogP contribution < -0.4 is 10.1 Å². The number of benzene rings is 2. The van der Waals surface area contributed by atoms with Gasteiger partial charge in [0, 0.05) is 6.42 Å². The molecule has 1 atom stereocenters. The quantitative estimate of drug-likeness (QED) is 0.421. The number of nitro groups is 1. The first-order chi connectivity index (χ1) is 13.3. The summed E-state index contributed by atoms with van der Waals surface area (Å²) in [6.45, 7) is 1.36. The first-order valence-corrected chi connectivity index (χ1v) is 8.37. The molecule has 0 unspecified atom stereocenters. The summed E-state index contributed by atoms with van der Waals surface area (Å²) in [5.41, 5.74) is 0.372. The van der Waals surface area contributed by atoms with Gasteiger partial charge in [-0.15, -0.1) is 0 Å². The van der Waals surface area contributed by atoms with E-state index in [1.54, 1.807) is 12.1 Å². The predicted octanol–water partition coefficient (Wildman–Crippen LogP) is 3.25. The Bertz CT molecular complexity index is 869. The monoisotopic (exact) mass is 390 g/mol. The summed E-state index contributed by atoms with van der Waals surface area (Å²) in [6.07, 6.45) is -0.814. The number of rotatable bonds is 8. The van der Waals surface area contributed by atoms with E-state index in [1.807, 2.05) is 0 Å². The van der Waals surface area contributed by atoms with Crippen LogP contribution in [0.15, 0.2) is 42.5 Å². The highest BCUT2D eigenvalue weighted by atomic mass is 19.1. The Morgan fingerprint density at radius 2 is 1.89 bits per heavy atom. The number of anilines is 1. The summed E-state index contributed by atoms with van der Waals surface area (Å²) >= 11 is 0. The number of ether oxygens (including phenoxy) is 2. The number of aryl methyl sites for hydroxylation is 1. The van der Waals surface area contributed by atoms with Crippen molar-refractivity contribution in [2.75, 3.05) is 12.4 Å². The van der Waals surface area contributed by atoms with Crippen LogP contribution in [0.4, 0.5) is 15.8 Å². The molecule has 0 aliphatic rings. The third-order valence-electron chi connectivity index (χ3n) is 3.87. The van der Waals surface area contributed by atoms with Crippen LogP contribution >= 0.6 is 0 Å². The lowest BCUT2D eigenvalue weighted by molar-refractivity contribution is -0.384. The number of esters is 1. The lowest BCUT2D eigenvalue weighted by Gasteiger charge is -2.14. The van der Waals surface area contributed by atoms with Crippen molar-refractivity contribution in [1.82, 2.24) is 0 Å². The molecule has 8 nitrogen and oxygen atoms in total. The minimum atomic E-state index is -1.15. The lowest BCUT2D eigenvalue weighted by atomic mass is 10.1. The highest BCUT2D eigenvalue weighted by Gasteiger charge is 2.22. The van der Waals surface area contributed by atoms with Crippen molar-refractivity contribution in [3.05, 3.63) is 64.0 Å². The van der Waals surface area contributed by atoms with Gasteiger partial charge in [-0.1, -0.05) is 12.1 Å². The van der Waals surface area contributed by atoms with Gasteiger partial charge in [-0.05, 0) is 43.2 Å². The first kappa shape index (κ1) is 20.8. The van der Waals surface area contributed by atoms with Crippen LogP contribution in [-0.4, -0.2) is 30.0 Å². The minimum absolute atomic E-state index is 0.00589. The Morgan fingerprint density at radius 3 is 2.50 bits per heavy atom. The van der Waals surface area contributed by atoms with Crippen molar-refractivity contribution in [3.63, 3.8) is 0 Å². The summed E-state index contributed by atoms with van der Waals surface area (Å²) in [5.74, 6) is -1.42. The van der Waals surface area contributed by atoms with Gasteiger partial charge in [0.1, 0.15) is 17.3 Å². The van der Waals surface area contributed by atoms with E-state index < -0.39 is 22.9 Å². The summed E-state index contributed by atoms with van der Waals surface area (Å²) in [6, 6.07) is 9.66. The van der Waals surface area contributed by atoms with Gasteiger partial charge in [-0.25, -0.2) is 4.39 Å². The smallest absolute Gasteiger partial charge is 0.306 e. The highest BCUT2D eigenvalue weighted by molar-refractivity contribution is 5.97. The van der Waals surface area contributed by atoms with E-state index in [4.69, 9.17) is 9.47 Å². The molecule has 0 radical (unpaired) electrons. The second-order valence-electron chi connectivity index (χ2n) is 5.89. The summed E-state index contributed by atoms with van der Waals surface area (Å²) in [4.78, 5) is 34.6. The molecule has 0 aliphatic carbocycles. The largest absolute Gasteiger partial charge is 0.496 e. The Balaban J connectivity index is 1.92. The fourth-order valence-electron chi connectivity index (χ4n) is 2.34. The molecule has 2 aromatic carbocycles. The van der Waals surface area contributed by atoms with Crippen molar-refractivity contribution in [2.45, 2.75) is 25.9 Å². The average molecular weight is 390 g/mol. The zero-order valence-corrected chi connectivity index (χ0v) is 15.3. The Kier molecular flexibility index (Phi) is 7.02. The minimum Gasteiger partial charge on any atom is -0.496 e. The summed E-state index contributed by atoms with van der Waals surface area (Å²) in [5, 5.41) is 13.5. The SMILES string of the molecule is COc1ccc(NC(=O)[C@H](C)OC(=O)CCc2ccc(F)cc2)c([N+](=O)[O-])c1. The lowest BCUT2D eigenvalue weighted by Crippen LogP contribution is -2.30. The number of hydrogen-bond acceptors (Lipinski definition) is 6. The Morgan fingerprint density at radius 1 is 1.21 bits per heavy atom. The summed E-state index contributed by atoms with van der Waals surface area (Å²) in [7, 11) is 1.37. The Labute approximate surface area is 160 Å². The van der Waals surface area contributed by atoms with E-state index in [9.17, 15) is 24.1 Å². The van der Waals surface area contributed by atoms with Crippen molar-refractivity contribution in [2.24, 2.45) is 0 Å². The molecule has 0 saturated heterocycles. The van der Waals surface area contributed by atoms with Crippen LogP contribution in [0.1, 0.15) is 18.9 Å². The molecule has 0 aliphatic heterocycles. The number of nitro benzene ring substituents is 1. The molecule has 1 amide bonds. The van der Waals surface area contributed by atoms with Crippen molar-refractivity contribution >= 4 is 23.3 Å². The topological polar surface area (TPSA) is 108 Å². The van der Waals surface area contributed by atoms with Crippen molar-refractivity contribution in [1.29, 1.82) is 0 Å². The number of nitrogens with zero attached hydrogens (tertiary/aromatic N) is 1. The van der Waals surface area contributed by atoms with Gasteiger partial charge in [0.25, 0.3) is 11.6 Å². The number of methoxy groups -OCH3 is 1. The number of amides is 1. The maximum atomic E-state index is 12.9. The standard InChI is InChI=1S/C19H19FN2O6/c1-12(28-18(23)10-5-13-3-6-14(20)7-4-13)19(24)21-16-9-8-15(27-2)11-17(16)22(25)26/h3-4,6-9,11-12H,5,10H2,1-2H3,(H,21,24)/t12-/m0/s1. The van der Waals surface area contributed by atoms with E-state index >= 15 is 0 Å². The fraction of sp³-hybridized carbons (Fsp3) is 0.263. The van der Waals surface area contributed by atoms with E-state index in [1.165, 1.54) is 44.4 Å². The number of hydrogen-bond donors (Lipinski definition) is 1. The van der Waals surface area contributed by atoms with Crippen LogP contribution in [0.2, 0.25) is 0 Å². The molecule has 0 fully saturated rings. The zero-order chi connectivity index (χ0) is 20.7. The third kappa shape index (κ3) is 5.76. The molecule has 1 N–H and O–H groups in total. The predicted molar refractivity (Wildman–Crippen MR) is 98.6 cm³/mol. The number of halogens is 1. The maximum Gasteiger partial charge on any atom is 0.306 e. The molecule has 28 heavy (non-hydrogen) atoms. The van der Waals surface area contributed by atoms with E-state index in [-0.39, 0.29) is 29.4 Å². The molecular weight excluding hydrogens is 371 g/mol. The second kappa shape index (κ2) is 9.45. The van der Waals surface area contributed by atoms with Crippen LogP contribution in [0, 0.1) is 15.9 Å². The van der Waals surface area contributed by atoms with Crippen LogP contribution in [0.5, 0.6) is 5.75 Å². The van der Waals surface area contributed by atoms with Crippen molar-refractivity contribution in [3.8, 4) is 5.75 Å². The molecule has 148 valence electrons.